The van der Waals surface area contributed by atoms with Gasteiger partial charge in [0.15, 0.2) is 5.16 Å². The number of benzene rings is 2. The molecule has 0 radical (unpaired) electrons. The second-order valence-electron chi connectivity index (χ2n) is 6.50. The van der Waals surface area contributed by atoms with Crippen LogP contribution in [0, 0.1) is 0 Å². The third kappa shape index (κ3) is 3.57. The van der Waals surface area contributed by atoms with Gasteiger partial charge in [0.05, 0.1) is 16.7 Å². The molecule has 0 aliphatic rings. The van der Waals surface area contributed by atoms with Crippen LogP contribution < -0.4 is 5.56 Å². The van der Waals surface area contributed by atoms with Crippen molar-refractivity contribution in [3.8, 4) is 0 Å². The predicted molar refractivity (Wildman–Crippen MR) is 111 cm³/mol. The van der Waals surface area contributed by atoms with Gasteiger partial charge in [-0.25, -0.2) is 4.98 Å². The van der Waals surface area contributed by atoms with Crippen LogP contribution >= 0.6 is 11.8 Å². The molecule has 2 aromatic heterocycles. The van der Waals surface area contributed by atoms with Crippen molar-refractivity contribution >= 4 is 22.7 Å². The fourth-order valence-electron chi connectivity index (χ4n) is 3.17. The molecular formula is C21H21N5OS. The van der Waals surface area contributed by atoms with E-state index in [1.807, 2.05) is 42.5 Å². The average Bonchev–Trinajstić information content (AvgIpc) is 3.11. The number of rotatable bonds is 6. The summed E-state index contributed by atoms with van der Waals surface area (Å²) in [5.41, 5.74) is 1.91. The van der Waals surface area contributed by atoms with Gasteiger partial charge in [-0.1, -0.05) is 54.2 Å². The molecule has 0 atom stereocenters. The maximum atomic E-state index is 12.6. The van der Waals surface area contributed by atoms with E-state index in [9.17, 15) is 4.79 Å². The van der Waals surface area contributed by atoms with E-state index in [4.69, 9.17) is 0 Å². The Balaban J connectivity index is 1.58. The lowest BCUT2D eigenvalue weighted by molar-refractivity contribution is 0.650. The monoisotopic (exact) mass is 391 g/mol. The van der Waals surface area contributed by atoms with Gasteiger partial charge in [0.25, 0.3) is 5.56 Å². The van der Waals surface area contributed by atoms with E-state index in [-0.39, 0.29) is 5.56 Å². The minimum Gasteiger partial charge on any atom is -0.306 e. The second-order valence-corrected chi connectivity index (χ2v) is 7.45. The summed E-state index contributed by atoms with van der Waals surface area (Å²) in [5, 5.41) is 10.2. The van der Waals surface area contributed by atoms with E-state index in [0.29, 0.717) is 11.1 Å². The van der Waals surface area contributed by atoms with Crippen LogP contribution in [-0.2, 0) is 25.8 Å². The maximum Gasteiger partial charge on any atom is 0.261 e. The molecule has 0 saturated heterocycles. The molecule has 0 aliphatic carbocycles. The van der Waals surface area contributed by atoms with E-state index in [1.54, 1.807) is 23.4 Å². The van der Waals surface area contributed by atoms with Gasteiger partial charge in [0.1, 0.15) is 11.6 Å². The van der Waals surface area contributed by atoms with Crippen LogP contribution in [0.3, 0.4) is 0 Å². The Hall–Kier alpha value is -2.93. The first kappa shape index (κ1) is 18.4. The van der Waals surface area contributed by atoms with Gasteiger partial charge in [0, 0.05) is 20.0 Å². The van der Waals surface area contributed by atoms with E-state index < -0.39 is 0 Å². The number of fused-ring (bicyclic) bond motifs is 1. The molecule has 0 unspecified atom stereocenters. The van der Waals surface area contributed by atoms with Crippen LogP contribution in [0.25, 0.3) is 10.9 Å². The molecule has 0 amide bonds. The molecule has 0 N–H and O–H groups in total. The molecule has 4 aromatic rings. The van der Waals surface area contributed by atoms with Crippen LogP contribution in [0.2, 0.25) is 0 Å². The third-order valence-electron chi connectivity index (χ3n) is 4.72. The zero-order chi connectivity index (χ0) is 19.5. The molecule has 142 valence electrons. The van der Waals surface area contributed by atoms with Crippen LogP contribution in [-0.4, -0.2) is 24.3 Å². The maximum absolute atomic E-state index is 12.6. The summed E-state index contributed by atoms with van der Waals surface area (Å²) in [6.45, 7) is 2.88. The lowest BCUT2D eigenvalue weighted by Crippen LogP contribution is -2.22. The molecule has 2 aromatic carbocycles. The van der Waals surface area contributed by atoms with Gasteiger partial charge in [-0.2, -0.15) is 0 Å². The van der Waals surface area contributed by atoms with Gasteiger partial charge in [-0.15, -0.1) is 10.2 Å². The Bertz CT molecular complexity index is 1170. The molecular weight excluding hydrogens is 370 g/mol. The lowest BCUT2D eigenvalue weighted by Gasteiger charge is -2.10. The van der Waals surface area contributed by atoms with Crippen molar-refractivity contribution in [3.05, 3.63) is 82.2 Å². The lowest BCUT2D eigenvalue weighted by atomic mass is 10.1. The molecule has 4 rings (SSSR count). The highest BCUT2D eigenvalue weighted by atomic mass is 32.2. The fraction of sp³-hybridized carbons (Fsp3) is 0.238. The summed E-state index contributed by atoms with van der Waals surface area (Å²) in [6.07, 6.45) is 0.745. The minimum absolute atomic E-state index is 0.0251. The summed E-state index contributed by atoms with van der Waals surface area (Å²) >= 11 is 1.55. The summed E-state index contributed by atoms with van der Waals surface area (Å²) in [6, 6.07) is 17.7. The molecule has 2 heterocycles. The van der Waals surface area contributed by atoms with Gasteiger partial charge in [0.2, 0.25) is 0 Å². The first-order valence-corrected chi connectivity index (χ1v) is 10.2. The van der Waals surface area contributed by atoms with E-state index in [0.717, 1.165) is 35.3 Å². The number of nitrogens with zero attached hydrogens (tertiary/aromatic N) is 5. The molecule has 6 nitrogen and oxygen atoms in total. The highest BCUT2D eigenvalue weighted by Gasteiger charge is 2.14. The van der Waals surface area contributed by atoms with Crippen molar-refractivity contribution in [3.63, 3.8) is 0 Å². The van der Waals surface area contributed by atoms with Gasteiger partial charge < -0.3 is 4.57 Å². The fourth-order valence-corrected chi connectivity index (χ4v) is 4.18. The normalized spacial score (nSPS) is 11.2. The standard InChI is InChI=1S/C21H21N5OS/c1-3-26-18(13-15-9-5-4-6-10-15)23-24-21(26)28-14-19-22-17-12-8-7-11-16(17)20(27)25(19)2/h4-12H,3,13-14H2,1-2H3. The average molecular weight is 392 g/mol. The number of hydrogen-bond acceptors (Lipinski definition) is 5. The molecule has 0 saturated carbocycles. The van der Waals surface area contributed by atoms with Crippen molar-refractivity contribution in [1.29, 1.82) is 0 Å². The molecule has 0 bridgehead atoms. The summed E-state index contributed by atoms with van der Waals surface area (Å²) in [7, 11) is 1.77. The zero-order valence-electron chi connectivity index (χ0n) is 15.9. The Kier molecular flexibility index (Phi) is 5.25. The minimum atomic E-state index is -0.0251. The zero-order valence-corrected chi connectivity index (χ0v) is 16.7. The van der Waals surface area contributed by atoms with Crippen LogP contribution in [0.5, 0.6) is 0 Å². The van der Waals surface area contributed by atoms with Crippen molar-refractivity contribution in [2.75, 3.05) is 0 Å². The van der Waals surface area contributed by atoms with Crippen molar-refractivity contribution in [1.82, 2.24) is 24.3 Å². The van der Waals surface area contributed by atoms with Crippen LogP contribution in [0.15, 0.2) is 64.5 Å². The quantitative estimate of drug-likeness (QED) is 0.471. The number of para-hydroxylation sites is 1. The topological polar surface area (TPSA) is 65.6 Å². The Labute approximate surface area is 167 Å². The molecule has 0 fully saturated rings. The van der Waals surface area contributed by atoms with Gasteiger partial charge in [-0.3, -0.25) is 9.36 Å². The highest BCUT2D eigenvalue weighted by molar-refractivity contribution is 7.98. The first-order valence-electron chi connectivity index (χ1n) is 9.21. The summed E-state index contributed by atoms with van der Waals surface area (Å²) in [4.78, 5) is 17.2. The number of hydrogen-bond donors (Lipinski definition) is 0. The van der Waals surface area contributed by atoms with Crippen molar-refractivity contribution < 1.29 is 0 Å². The number of thioether (sulfide) groups is 1. The first-order chi connectivity index (χ1) is 13.7. The van der Waals surface area contributed by atoms with Crippen molar-refractivity contribution in [2.24, 2.45) is 7.05 Å². The van der Waals surface area contributed by atoms with Gasteiger partial charge in [-0.05, 0) is 24.6 Å². The SMILES string of the molecule is CCn1c(Cc2ccccc2)nnc1SCc1nc2ccccc2c(=O)n1C. The largest absolute Gasteiger partial charge is 0.306 e. The second kappa shape index (κ2) is 7.98. The van der Waals surface area contributed by atoms with Crippen LogP contribution in [0.4, 0.5) is 0 Å². The Morgan fingerprint density at radius 3 is 2.50 bits per heavy atom. The van der Waals surface area contributed by atoms with Gasteiger partial charge >= 0.3 is 0 Å². The van der Waals surface area contributed by atoms with Crippen LogP contribution in [0.1, 0.15) is 24.1 Å². The molecule has 0 spiro atoms. The third-order valence-corrected chi connectivity index (χ3v) is 5.68. The van der Waals surface area contributed by atoms with E-state index in [2.05, 4.69) is 38.8 Å². The molecule has 0 aliphatic heterocycles. The Morgan fingerprint density at radius 2 is 1.71 bits per heavy atom. The number of aromatic nitrogens is 5. The molecule has 28 heavy (non-hydrogen) atoms. The highest BCUT2D eigenvalue weighted by Crippen LogP contribution is 2.22. The Morgan fingerprint density at radius 1 is 0.964 bits per heavy atom. The summed E-state index contributed by atoms with van der Waals surface area (Å²) in [5.74, 6) is 2.22. The summed E-state index contributed by atoms with van der Waals surface area (Å²) < 4.78 is 3.74. The predicted octanol–water partition coefficient (Wildman–Crippen LogP) is 3.43. The smallest absolute Gasteiger partial charge is 0.261 e. The van der Waals surface area contributed by atoms with E-state index >= 15 is 0 Å². The van der Waals surface area contributed by atoms with Crippen molar-refractivity contribution in [2.45, 2.75) is 30.8 Å². The molecule has 7 heteroatoms. The van der Waals surface area contributed by atoms with E-state index in [1.165, 1.54) is 5.56 Å².